The molecule has 0 N–H and O–H groups in total. The summed E-state index contributed by atoms with van der Waals surface area (Å²) in [4.78, 5) is 10.8. The minimum absolute atomic E-state index is 0.00985. The maximum atomic E-state index is 10.8. The second-order valence-electron chi connectivity index (χ2n) is 6.17. The lowest BCUT2D eigenvalue weighted by molar-refractivity contribution is -0.110. The predicted octanol–water partition coefficient (Wildman–Crippen LogP) is 4.70. The zero-order chi connectivity index (χ0) is 16.5. The summed E-state index contributed by atoms with van der Waals surface area (Å²) in [5, 5.41) is 0. The van der Waals surface area contributed by atoms with Gasteiger partial charge in [0.15, 0.2) is 0 Å². The topological polar surface area (TPSA) is 35.5 Å². The third-order valence-electron chi connectivity index (χ3n) is 4.34. The van der Waals surface area contributed by atoms with Gasteiger partial charge in [0.25, 0.3) is 0 Å². The van der Waals surface area contributed by atoms with E-state index in [0.29, 0.717) is 23.1 Å². The molecule has 1 aromatic carbocycles. The van der Waals surface area contributed by atoms with Crippen LogP contribution >= 0.6 is 22.6 Å². The van der Waals surface area contributed by atoms with E-state index >= 15 is 0 Å². The Bertz CT molecular complexity index is 451. The van der Waals surface area contributed by atoms with E-state index < -0.39 is 0 Å². The Labute approximate surface area is 153 Å². The molecule has 23 heavy (non-hydrogen) atoms. The number of aldehydes is 1. The molecule has 1 heterocycles. The molecule has 1 aromatic rings. The molecule has 0 saturated carbocycles. The Kier molecular flexibility index (Phi) is 8.55. The van der Waals surface area contributed by atoms with Gasteiger partial charge in [0.05, 0.1) is 24.9 Å². The van der Waals surface area contributed by atoms with Crippen molar-refractivity contribution in [3.8, 4) is 0 Å². The van der Waals surface area contributed by atoms with E-state index in [2.05, 4.69) is 41.6 Å². The zero-order valence-corrected chi connectivity index (χ0v) is 16.0. The average molecular weight is 430 g/mol. The molecule has 4 heteroatoms. The van der Waals surface area contributed by atoms with Gasteiger partial charge in [0.2, 0.25) is 0 Å². The summed E-state index contributed by atoms with van der Waals surface area (Å²) in [6, 6.07) is 10.2. The van der Waals surface area contributed by atoms with Crippen molar-refractivity contribution < 1.29 is 14.3 Å². The molecule has 0 unspecified atom stereocenters. The van der Waals surface area contributed by atoms with E-state index in [0.717, 1.165) is 31.1 Å². The summed E-state index contributed by atoms with van der Waals surface area (Å²) in [6.07, 6.45) is 7.24. The maximum absolute atomic E-state index is 10.8. The van der Waals surface area contributed by atoms with Crippen LogP contribution in [-0.4, -0.2) is 28.5 Å². The largest absolute Gasteiger partial charge is 0.371 e. The van der Waals surface area contributed by atoms with Crippen molar-refractivity contribution in [2.45, 2.75) is 74.3 Å². The highest BCUT2D eigenvalue weighted by molar-refractivity contribution is 14.1. The van der Waals surface area contributed by atoms with E-state index in [-0.39, 0.29) is 12.2 Å². The molecule has 1 aliphatic rings. The molecule has 0 spiro atoms. The standard InChI is InChI=1S/C19H27IO3/c1-2-7-16(20)17-11-12-19(23-17)18(10-6-13-21)22-14-15-8-4-3-5-9-15/h3-5,8-9,13,16-19H,2,6-7,10-12,14H2,1H3/t16-,17-,18+,19+/m0/s1. The smallest absolute Gasteiger partial charge is 0.120 e. The Balaban J connectivity index is 1.89. The summed E-state index contributed by atoms with van der Waals surface area (Å²) in [7, 11) is 0. The van der Waals surface area contributed by atoms with E-state index in [1.165, 1.54) is 12.8 Å². The fourth-order valence-corrected chi connectivity index (χ4v) is 4.23. The highest BCUT2D eigenvalue weighted by Gasteiger charge is 2.34. The van der Waals surface area contributed by atoms with Crippen LogP contribution in [0.4, 0.5) is 0 Å². The van der Waals surface area contributed by atoms with Gasteiger partial charge in [-0.1, -0.05) is 66.3 Å². The fraction of sp³-hybridized carbons (Fsp3) is 0.632. The van der Waals surface area contributed by atoms with Crippen molar-refractivity contribution in [1.82, 2.24) is 0 Å². The first-order valence-electron chi connectivity index (χ1n) is 8.63. The Hall–Kier alpha value is -0.460. The van der Waals surface area contributed by atoms with Gasteiger partial charge < -0.3 is 14.3 Å². The number of alkyl halides is 1. The number of benzene rings is 1. The van der Waals surface area contributed by atoms with E-state index in [9.17, 15) is 4.79 Å². The molecule has 0 aliphatic carbocycles. The number of ether oxygens (including phenoxy) is 2. The summed E-state index contributed by atoms with van der Waals surface area (Å²) in [5.74, 6) is 0. The van der Waals surface area contributed by atoms with Crippen LogP contribution in [0.1, 0.15) is 51.0 Å². The molecule has 0 aromatic heterocycles. The van der Waals surface area contributed by atoms with Crippen LogP contribution in [0.5, 0.6) is 0 Å². The van der Waals surface area contributed by atoms with Crippen LogP contribution in [0.3, 0.4) is 0 Å². The second-order valence-corrected chi connectivity index (χ2v) is 7.77. The first kappa shape index (κ1) is 18.9. The Morgan fingerprint density at radius 2 is 2.00 bits per heavy atom. The summed E-state index contributed by atoms with van der Waals surface area (Å²) in [6.45, 7) is 2.80. The number of halogens is 1. The average Bonchev–Trinajstić information content (AvgIpc) is 3.06. The lowest BCUT2D eigenvalue weighted by atomic mass is 10.0. The van der Waals surface area contributed by atoms with Crippen LogP contribution in [0.15, 0.2) is 30.3 Å². The van der Waals surface area contributed by atoms with Gasteiger partial charge in [0.1, 0.15) is 6.29 Å². The van der Waals surface area contributed by atoms with Gasteiger partial charge in [-0.15, -0.1) is 0 Å². The first-order chi connectivity index (χ1) is 11.2. The molecule has 1 aliphatic heterocycles. The summed E-state index contributed by atoms with van der Waals surface area (Å²) >= 11 is 2.51. The SMILES string of the molecule is CCC[C@H](I)[C@@H]1CC[C@H]([C@@H](CCC=O)OCc2ccccc2)O1. The minimum Gasteiger partial charge on any atom is -0.371 e. The number of rotatable bonds is 10. The second kappa shape index (κ2) is 10.4. The molecule has 128 valence electrons. The fourth-order valence-electron chi connectivity index (χ4n) is 3.08. The van der Waals surface area contributed by atoms with Crippen LogP contribution in [0, 0.1) is 0 Å². The number of hydrogen-bond acceptors (Lipinski definition) is 3. The lowest BCUT2D eigenvalue weighted by Gasteiger charge is -2.25. The van der Waals surface area contributed by atoms with Crippen LogP contribution in [-0.2, 0) is 20.9 Å². The maximum Gasteiger partial charge on any atom is 0.120 e. The van der Waals surface area contributed by atoms with Gasteiger partial charge in [0, 0.05) is 10.3 Å². The molecule has 4 atom stereocenters. The van der Waals surface area contributed by atoms with Crippen molar-refractivity contribution >= 4 is 28.9 Å². The normalized spacial score (nSPS) is 23.6. The molecule has 0 radical (unpaired) electrons. The van der Waals surface area contributed by atoms with Gasteiger partial charge in [-0.2, -0.15) is 0 Å². The van der Waals surface area contributed by atoms with Gasteiger partial charge >= 0.3 is 0 Å². The van der Waals surface area contributed by atoms with Gasteiger partial charge in [-0.3, -0.25) is 0 Å². The van der Waals surface area contributed by atoms with E-state index in [1.54, 1.807) is 0 Å². The van der Waals surface area contributed by atoms with E-state index in [4.69, 9.17) is 9.47 Å². The van der Waals surface area contributed by atoms with Crippen molar-refractivity contribution in [2.75, 3.05) is 0 Å². The molecular weight excluding hydrogens is 403 g/mol. The predicted molar refractivity (Wildman–Crippen MR) is 101 cm³/mol. The molecule has 2 rings (SSSR count). The minimum atomic E-state index is 0.00985. The molecule has 0 bridgehead atoms. The van der Waals surface area contributed by atoms with Crippen LogP contribution in [0.2, 0.25) is 0 Å². The van der Waals surface area contributed by atoms with Crippen molar-refractivity contribution in [2.24, 2.45) is 0 Å². The number of hydrogen-bond donors (Lipinski definition) is 0. The first-order valence-corrected chi connectivity index (χ1v) is 9.87. The quantitative estimate of drug-likeness (QED) is 0.307. The van der Waals surface area contributed by atoms with Crippen molar-refractivity contribution in [3.63, 3.8) is 0 Å². The monoisotopic (exact) mass is 430 g/mol. The number of carbonyl (C=O) groups excluding carboxylic acids is 1. The van der Waals surface area contributed by atoms with Crippen molar-refractivity contribution in [1.29, 1.82) is 0 Å². The number of carbonyl (C=O) groups is 1. The lowest BCUT2D eigenvalue weighted by Crippen LogP contribution is -2.31. The Morgan fingerprint density at radius 3 is 2.70 bits per heavy atom. The molecule has 1 fully saturated rings. The highest BCUT2D eigenvalue weighted by Crippen LogP contribution is 2.32. The highest BCUT2D eigenvalue weighted by atomic mass is 127. The van der Waals surface area contributed by atoms with Crippen LogP contribution < -0.4 is 0 Å². The molecular formula is C19H27IO3. The third kappa shape index (κ3) is 6.16. The molecule has 3 nitrogen and oxygen atoms in total. The Morgan fingerprint density at radius 1 is 1.26 bits per heavy atom. The molecule has 0 amide bonds. The summed E-state index contributed by atoms with van der Waals surface area (Å²) < 4.78 is 13.0. The van der Waals surface area contributed by atoms with Crippen LogP contribution in [0.25, 0.3) is 0 Å². The van der Waals surface area contributed by atoms with E-state index in [1.807, 2.05) is 18.2 Å². The third-order valence-corrected chi connectivity index (χ3v) is 5.77. The van der Waals surface area contributed by atoms with Gasteiger partial charge in [-0.25, -0.2) is 0 Å². The zero-order valence-electron chi connectivity index (χ0n) is 13.8. The van der Waals surface area contributed by atoms with Gasteiger partial charge in [-0.05, 0) is 31.2 Å². The summed E-state index contributed by atoms with van der Waals surface area (Å²) in [5.41, 5.74) is 1.16. The molecule has 1 saturated heterocycles. The van der Waals surface area contributed by atoms with Crippen molar-refractivity contribution in [3.05, 3.63) is 35.9 Å².